The predicted octanol–water partition coefficient (Wildman–Crippen LogP) is 0.195. The number of hydrogen-bond acceptors (Lipinski definition) is 5. The number of imidazole rings is 1. The lowest BCUT2D eigenvalue weighted by molar-refractivity contribution is 0.372. The Labute approximate surface area is 130 Å². The molecule has 0 aliphatic carbocycles. The minimum Gasteiger partial charge on any atom is -0.317 e. The van der Waals surface area contributed by atoms with Gasteiger partial charge in [-0.1, -0.05) is 0 Å². The second kappa shape index (κ2) is 5.47. The van der Waals surface area contributed by atoms with E-state index in [1.165, 1.54) is 4.57 Å². The predicted molar refractivity (Wildman–Crippen MR) is 84.9 cm³/mol. The summed E-state index contributed by atoms with van der Waals surface area (Å²) in [5, 5.41) is 3.31. The van der Waals surface area contributed by atoms with Crippen molar-refractivity contribution in [3.63, 3.8) is 0 Å². The molecular formula is C15H16N6O2. The van der Waals surface area contributed by atoms with Crippen LogP contribution >= 0.6 is 0 Å². The van der Waals surface area contributed by atoms with Gasteiger partial charge in [0, 0.05) is 12.2 Å². The van der Waals surface area contributed by atoms with Gasteiger partial charge in [-0.3, -0.25) is 14.8 Å². The van der Waals surface area contributed by atoms with Crippen LogP contribution in [0.2, 0.25) is 0 Å². The van der Waals surface area contributed by atoms with Crippen LogP contribution in [-0.4, -0.2) is 37.2 Å². The summed E-state index contributed by atoms with van der Waals surface area (Å²) in [6.45, 7) is 1.81. The minimum absolute atomic E-state index is 0.213. The van der Waals surface area contributed by atoms with Gasteiger partial charge in [0.2, 0.25) is 0 Å². The molecule has 0 radical (unpaired) electrons. The number of H-pyrrole nitrogens is 1. The van der Waals surface area contributed by atoms with Crippen LogP contribution in [0.25, 0.3) is 16.9 Å². The van der Waals surface area contributed by atoms with Crippen LogP contribution in [0.4, 0.5) is 0 Å². The van der Waals surface area contributed by atoms with Gasteiger partial charge in [0.25, 0.3) is 5.56 Å². The Morgan fingerprint density at radius 1 is 1.22 bits per heavy atom. The third-order valence-electron chi connectivity index (χ3n) is 4.22. The first-order valence-corrected chi connectivity index (χ1v) is 7.58. The quantitative estimate of drug-likeness (QED) is 0.704. The lowest BCUT2D eigenvalue weighted by Crippen LogP contribution is -2.33. The molecule has 3 aromatic heterocycles. The summed E-state index contributed by atoms with van der Waals surface area (Å²) in [5.41, 5.74) is 0.462. The van der Waals surface area contributed by atoms with Crippen molar-refractivity contribution in [1.29, 1.82) is 0 Å². The van der Waals surface area contributed by atoms with Crippen molar-refractivity contribution in [3.05, 3.63) is 51.7 Å². The summed E-state index contributed by atoms with van der Waals surface area (Å²) in [7, 11) is 0. The number of pyridine rings is 1. The van der Waals surface area contributed by atoms with Crippen LogP contribution < -0.4 is 16.6 Å². The molecule has 8 nitrogen and oxygen atoms in total. The highest BCUT2D eigenvalue weighted by molar-refractivity contribution is 5.72. The van der Waals surface area contributed by atoms with E-state index in [0.717, 1.165) is 25.9 Å². The van der Waals surface area contributed by atoms with E-state index in [9.17, 15) is 9.59 Å². The Bertz CT molecular complexity index is 949. The summed E-state index contributed by atoms with van der Waals surface area (Å²) in [6.07, 6.45) is 6.75. The van der Waals surface area contributed by atoms with Gasteiger partial charge >= 0.3 is 5.69 Å². The number of piperidine rings is 1. The van der Waals surface area contributed by atoms with Gasteiger partial charge in [-0.25, -0.2) is 14.3 Å². The molecule has 0 bridgehead atoms. The molecule has 1 saturated heterocycles. The molecule has 3 aromatic rings. The first-order valence-electron chi connectivity index (χ1n) is 7.58. The van der Waals surface area contributed by atoms with E-state index in [1.807, 2.05) is 4.57 Å². The number of hydrogen-bond donors (Lipinski definition) is 2. The normalized spacial score (nSPS) is 16.0. The third kappa shape index (κ3) is 2.27. The van der Waals surface area contributed by atoms with E-state index in [-0.39, 0.29) is 11.6 Å². The summed E-state index contributed by atoms with van der Waals surface area (Å²) in [4.78, 5) is 35.2. The van der Waals surface area contributed by atoms with Gasteiger partial charge in [0.1, 0.15) is 0 Å². The van der Waals surface area contributed by atoms with Crippen molar-refractivity contribution in [2.24, 2.45) is 0 Å². The first-order chi connectivity index (χ1) is 11.3. The van der Waals surface area contributed by atoms with Crippen molar-refractivity contribution in [3.8, 4) is 5.69 Å². The molecule has 4 rings (SSSR count). The van der Waals surface area contributed by atoms with Crippen LogP contribution in [0, 0.1) is 0 Å². The molecule has 1 aliphatic heterocycles. The van der Waals surface area contributed by atoms with E-state index in [4.69, 9.17) is 0 Å². The van der Waals surface area contributed by atoms with E-state index in [1.54, 1.807) is 30.9 Å². The fourth-order valence-corrected chi connectivity index (χ4v) is 3.12. The van der Waals surface area contributed by atoms with Gasteiger partial charge in [-0.05, 0) is 38.1 Å². The Hall–Kier alpha value is -2.74. The summed E-state index contributed by atoms with van der Waals surface area (Å²) >= 11 is 0. The van der Waals surface area contributed by atoms with Crippen LogP contribution in [0.3, 0.4) is 0 Å². The zero-order chi connectivity index (χ0) is 15.8. The molecular weight excluding hydrogens is 296 g/mol. The monoisotopic (exact) mass is 312 g/mol. The number of nitrogens with one attached hydrogen (secondary N) is 2. The molecule has 0 aromatic carbocycles. The van der Waals surface area contributed by atoms with Gasteiger partial charge in [0.15, 0.2) is 11.2 Å². The number of fused-ring (bicyclic) bond motifs is 1. The van der Waals surface area contributed by atoms with E-state index in [0.29, 0.717) is 11.3 Å². The van der Waals surface area contributed by atoms with E-state index in [2.05, 4.69) is 20.3 Å². The Balaban J connectivity index is 2.03. The van der Waals surface area contributed by atoms with Crippen molar-refractivity contribution >= 4 is 11.2 Å². The molecule has 1 aliphatic rings. The largest absolute Gasteiger partial charge is 0.334 e. The standard InChI is InChI=1S/C15H16N6O2/c22-13-12-14(20(9-18-12)10-3-6-16-7-4-10)21(15(23)19-13)11-2-1-5-17-8-11/h1-2,5,8-10,16H,3-4,6-7H2,(H,19,22,23). The maximum Gasteiger partial charge on any atom is 0.334 e. The highest BCUT2D eigenvalue weighted by atomic mass is 16.2. The smallest absolute Gasteiger partial charge is 0.317 e. The average molecular weight is 312 g/mol. The Morgan fingerprint density at radius 3 is 2.78 bits per heavy atom. The highest BCUT2D eigenvalue weighted by Crippen LogP contribution is 2.23. The van der Waals surface area contributed by atoms with Crippen molar-refractivity contribution < 1.29 is 0 Å². The molecule has 118 valence electrons. The molecule has 0 unspecified atom stereocenters. The second-order valence-corrected chi connectivity index (χ2v) is 5.61. The summed E-state index contributed by atoms with van der Waals surface area (Å²) < 4.78 is 3.42. The number of aromatic nitrogens is 5. The van der Waals surface area contributed by atoms with Crippen molar-refractivity contribution in [1.82, 2.24) is 29.4 Å². The fourth-order valence-electron chi connectivity index (χ4n) is 3.12. The third-order valence-corrected chi connectivity index (χ3v) is 4.22. The van der Waals surface area contributed by atoms with Crippen molar-refractivity contribution in [2.45, 2.75) is 18.9 Å². The van der Waals surface area contributed by atoms with Gasteiger partial charge in [-0.15, -0.1) is 0 Å². The van der Waals surface area contributed by atoms with Gasteiger partial charge in [0.05, 0.1) is 18.2 Å². The molecule has 2 N–H and O–H groups in total. The van der Waals surface area contributed by atoms with Gasteiger partial charge in [-0.2, -0.15) is 0 Å². The van der Waals surface area contributed by atoms with Crippen molar-refractivity contribution in [2.75, 3.05) is 13.1 Å². The topological polar surface area (TPSA) is 97.6 Å². The lowest BCUT2D eigenvalue weighted by atomic mass is 10.1. The van der Waals surface area contributed by atoms with Crippen LogP contribution in [0.15, 0.2) is 40.4 Å². The zero-order valence-corrected chi connectivity index (χ0v) is 12.4. The maximum atomic E-state index is 12.4. The highest BCUT2D eigenvalue weighted by Gasteiger charge is 2.21. The summed E-state index contributed by atoms with van der Waals surface area (Å²) in [5.74, 6) is 0. The number of nitrogens with zero attached hydrogens (tertiary/aromatic N) is 4. The SMILES string of the molecule is O=c1[nH]c(=O)n(-c2cccnc2)c2c1ncn2C1CCNCC1. The zero-order valence-electron chi connectivity index (χ0n) is 12.4. The number of rotatable bonds is 2. The van der Waals surface area contributed by atoms with E-state index < -0.39 is 11.2 Å². The molecule has 1 fully saturated rings. The molecule has 8 heteroatoms. The Kier molecular flexibility index (Phi) is 3.30. The molecule has 0 spiro atoms. The van der Waals surface area contributed by atoms with Crippen LogP contribution in [0.1, 0.15) is 18.9 Å². The summed E-state index contributed by atoms with van der Waals surface area (Å²) in [6, 6.07) is 3.75. The first kappa shape index (κ1) is 13.9. The lowest BCUT2D eigenvalue weighted by Gasteiger charge is -2.25. The molecule has 0 atom stereocenters. The van der Waals surface area contributed by atoms with Crippen LogP contribution in [0.5, 0.6) is 0 Å². The molecule has 4 heterocycles. The molecule has 23 heavy (non-hydrogen) atoms. The second-order valence-electron chi connectivity index (χ2n) is 5.61. The van der Waals surface area contributed by atoms with E-state index >= 15 is 0 Å². The fraction of sp³-hybridized carbons (Fsp3) is 0.333. The number of aromatic amines is 1. The average Bonchev–Trinajstić information content (AvgIpc) is 3.02. The molecule has 0 saturated carbocycles. The minimum atomic E-state index is -0.480. The van der Waals surface area contributed by atoms with Crippen LogP contribution in [-0.2, 0) is 0 Å². The molecule has 0 amide bonds. The maximum absolute atomic E-state index is 12.4. The van der Waals surface area contributed by atoms with Gasteiger partial charge < -0.3 is 9.88 Å². The Morgan fingerprint density at radius 2 is 2.04 bits per heavy atom.